The van der Waals surface area contributed by atoms with Crippen molar-refractivity contribution in [1.82, 2.24) is 4.98 Å². The second kappa shape index (κ2) is 4.19. The van der Waals surface area contributed by atoms with Gasteiger partial charge in [-0.2, -0.15) is 0 Å². The normalized spacial score (nSPS) is 9.64. The summed E-state index contributed by atoms with van der Waals surface area (Å²) < 4.78 is 5.02. The smallest absolute Gasteiger partial charge is 0.122 e. The molecule has 0 spiro atoms. The molecule has 0 saturated carbocycles. The Kier molecular flexibility index (Phi) is 3.17. The van der Waals surface area contributed by atoms with Crippen LogP contribution in [0.2, 0.25) is 0 Å². The lowest BCUT2D eigenvalue weighted by Gasteiger charge is -2.00. The Morgan fingerprint density at radius 2 is 2.45 bits per heavy atom. The summed E-state index contributed by atoms with van der Waals surface area (Å²) in [6, 6.07) is 3.71. The van der Waals surface area contributed by atoms with E-state index in [4.69, 9.17) is 16.3 Å². The van der Waals surface area contributed by atoms with E-state index in [0.29, 0.717) is 5.88 Å². The minimum absolute atomic E-state index is 0.597. The SMILES string of the molecule is COc1ccnc(CCCl)c1. The van der Waals surface area contributed by atoms with Crippen molar-refractivity contribution in [3.05, 3.63) is 24.0 Å². The lowest BCUT2D eigenvalue weighted by Crippen LogP contribution is -1.91. The van der Waals surface area contributed by atoms with Gasteiger partial charge in [0, 0.05) is 30.3 Å². The molecule has 0 aliphatic rings. The molecule has 0 N–H and O–H groups in total. The van der Waals surface area contributed by atoms with Crippen molar-refractivity contribution in [3.63, 3.8) is 0 Å². The van der Waals surface area contributed by atoms with Crippen LogP contribution >= 0.6 is 11.6 Å². The molecule has 0 saturated heterocycles. The van der Waals surface area contributed by atoms with Crippen LogP contribution in [0.5, 0.6) is 5.75 Å². The summed E-state index contributed by atoms with van der Waals surface area (Å²) in [7, 11) is 1.64. The molecular weight excluding hydrogens is 162 g/mol. The molecule has 0 aliphatic carbocycles. The number of alkyl halides is 1. The van der Waals surface area contributed by atoms with Gasteiger partial charge < -0.3 is 4.74 Å². The third kappa shape index (κ3) is 2.39. The number of hydrogen-bond acceptors (Lipinski definition) is 2. The first-order chi connectivity index (χ1) is 5.36. The number of aryl methyl sites for hydroxylation is 1. The number of pyridine rings is 1. The molecule has 60 valence electrons. The van der Waals surface area contributed by atoms with Crippen molar-refractivity contribution in [1.29, 1.82) is 0 Å². The zero-order valence-electron chi connectivity index (χ0n) is 6.38. The second-order valence-electron chi connectivity index (χ2n) is 2.13. The van der Waals surface area contributed by atoms with Crippen LogP contribution in [-0.2, 0) is 6.42 Å². The molecule has 0 aromatic carbocycles. The van der Waals surface area contributed by atoms with Crippen molar-refractivity contribution < 1.29 is 4.74 Å². The molecule has 11 heavy (non-hydrogen) atoms. The first kappa shape index (κ1) is 8.34. The van der Waals surface area contributed by atoms with E-state index in [1.54, 1.807) is 13.3 Å². The number of ether oxygens (including phenoxy) is 1. The van der Waals surface area contributed by atoms with E-state index in [1.807, 2.05) is 12.1 Å². The summed E-state index contributed by atoms with van der Waals surface area (Å²) in [5.41, 5.74) is 0.972. The van der Waals surface area contributed by atoms with Crippen molar-refractivity contribution >= 4 is 11.6 Å². The van der Waals surface area contributed by atoms with Crippen molar-refractivity contribution in [2.24, 2.45) is 0 Å². The van der Waals surface area contributed by atoms with E-state index >= 15 is 0 Å². The first-order valence-corrected chi connectivity index (χ1v) is 3.95. The van der Waals surface area contributed by atoms with Crippen LogP contribution in [0.25, 0.3) is 0 Å². The quantitative estimate of drug-likeness (QED) is 0.648. The second-order valence-corrected chi connectivity index (χ2v) is 2.50. The van der Waals surface area contributed by atoms with Gasteiger partial charge in [0.25, 0.3) is 0 Å². The Hall–Kier alpha value is -0.760. The number of methoxy groups -OCH3 is 1. The Bertz CT molecular complexity index is 227. The molecule has 0 radical (unpaired) electrons. The average Bonchev–Trinajstić information content (AvgIpc) is 2.06. The van der Waals surface area contributed by atoms with Crippen LogP contribution in [-0.4, -0.2) is 18.0 Å². The van der Waals surface area contributed by atoms with Gasteiger partial charge in [-0.05, 0) is 6.07 Å². The van der Waals surface area contributed by atoms with Gasteiger partial charge in [-0.15, -0.1) is 11.6 Å². The van der Waals surface area contributed by atoms with Gasteiger partial charge in [-0.1, -0.05) is 0 Å². The fourth-order valence-corrected chi connectivity index (χ4v) is 1.01. The molecule has 3 heteroatoms. The van der Waals surface area contributed by atoms with Crippen LogP contribution in [0.1, 0.15) is 5.69 Å². The minimum Gasteiger partial charge on any atom is -0.497 e. The molecule has 0 fully saturated rings. The Morgan fingerprint density at radius 3 is 3.09 bits per heavy atom. The summed E-state index contributed by atoms with van der Waals surface area (Å²) in [6.45, 7) is 0. The van der Waals surface area contributed by atoms with E-state index in [2.05, 4.69) is 4.98 Å². The summed E-state index contributed by atoms with van der Waals surface area (Å²) >= 11 is 5.55. The van der Waals surface area contributed by atoms with Gasteiger partial charge in [0.1, 0.15) is 5.75 Å². The average molecular weight is 172 g/mol. The molecule has 1 rings (SSSR count). The van der Waals surface area contributed by atoms with E-state index in [9.17, 15) is 0 Å². The van der Waals surface area contributed by atoms with Gasteiger partial charge in [0.15, 0.2) is 0 Å². The van der Waals surface area contributed by atoms with E-state index < -0.39 is 0 Å². The maximum absolute atomic E-state index is 5.55. The molecule has 0 atom stereocenters. The third-order valence-corrected chi connectivity index (χ3v) is 1.56. The molecule has 1 heterocycles. The molecule has 1 aromatic heterocycles. The number of halogens is 1. The number of nitrogens with zero attached hydrogens (tertiary/aromatic N) is 1. The monoisotopic (exact) mass is 171 g/mol. The standard InChI is InChI=1S/C8H10ClNO/c1-11-8-3-5-10-7(6-8)2-4-9/h3,5-6H,2,4H2,1H3. The number of hydrogen-bond donors (Lipinski definition) is 0. The number of aromatic nitrogens is 1. The molecule has 1 aromatic rings. The van der Waals surface area contributed by atoms with Crippen LogP contribution < -0.4 is 4.74 Å². The van der Waals surface area contributed by atoms with Gasteiger partial charge in [-0.25, -0.2) is 0 Å². The fourth-order valence-electron chi connectivity index (χ4n) is 0.817. The van der Waals surface area contributed by atoms with Crippen LogP contribution in [0, 0.1) is 0 Å². The zero-order valence-corrected chi connectivity index (χ0v) is 7.14. The van der Waals surface area contributed by atoms with Crippen molar-refractivity contribution in [2.75, 3.05) is 13.0 Å². The Balaban J connectivity index is 2.74. The highest BCUT2D eigenvalue weighted by atomic mass is 35.5. The van der Waals surface area contributed by atoms with Gasteiger partial charge in [0.2, 0.25) is 0 Å². The highest BCUT2D eigenvalue weighted by Crippen LogP contribution is 2.10. The molecule has 0 bridgehead atoms. The molecule has 2 nitrogen and oxygen atoms in total. The van der Waals surface area contributed by atoms with Gasteiger partial charge >= 0.3 is 0 Å². The summed E-state index contributed by atoms with van der Waals surface area (Å²) in [5, 5.41) is 0. The largest absolute Gasteiger partial charge is 0.497 e. The van der Waals surface area contributed by atoms with E-state index in [-0.39, 0.29) is 0 Å². The lowest BCUT2D eigenvalue weighted by molar-refractivity contribution is 0.413. The summed E-state index contributed by atoms with van der Waals surface area (Å²) in [5.74, 6) is 1.43. The molecule has 0 aliphatic heterocycles. The minimum atomic E-state index is 0.597. The van der Waals surface area contributed by atoms with Crippen LogP contribution in [0.15, 0.2) is 18.3 Å². The highest BCUT2D eigenvalue weighted by Gasteiger charge is 1.94. The molecular formula is C8H10ClNO. The first-order valence-electron chi connectivity index (χ1n) is 3.41. The predicted octanol–water partition coefficient (Wildman–Crippen LogP) is 1.87. The van der Waals surface area contributed by atoms with Crippen molar-refractivity contribution in [3.8, 4) is 5.75 Å². The van der Waals surface area contributed by atoms with E-state index in [1.165, 1.54) is 0 Å². The predicted molar refractivity (Wildman–Crippen MR) is 45.2 cm³/mol. The lowest BCUT2D eigenvalue weighted by atomic mass is 10.3. The molecule has 0 unspecified atom stereocenters. The topological polar surface area (TPSA) is 22.1 Å². The van der Waals surface area contributed by atoms with Gasteiger partial charge in [-0.3, -0.25) is 4.98 Å². The van der Waals surface area contributed by atoms with Gasteiger partial charge in [0.05, 0.1) is 7.11 Å². The van der Waals surface area contributed by atoms with Crippen molar-refractivity contribution in [2.45, 2.75) is 6.42 Å². The maximum Gasteiger partial charge on any atom is 0.122 e. The third-order valence-electron chi connectivity index (χ3n) is 1.37. The molecule has 0 amide bonds. The highest BCUT2D eigenvalue weighted by molar-refractivity contribution is 6.17. The van der Waals surface area contributed by atoms with Crippen LogP contribution in [0.3, 0.4) is 0 Å². The van der Waals surface area contributed by atoms with Crippen LogP contribution in [0.4, 0.5) is 0 Å². The summed E-state index contributed by atoms with van der Waals surface area (Å²) in [4.78, 5) is 4.11. The summed E-state index contributed by atoms with van der Waals surface area (Å²) in [6.07, 6.45) is 2.51. The zero-order chi connectivity index (χ0) is 8.10. The maximum atomic E-state index is 5.55. The number of rotatable bonds is 3. The Labute approximate surface area is 71.2 Å². The Morgan fingerprint density at radius 1 is 1.64 bits per heavy atom. The van der Waals surface area contributed by atoms with E-state index in [0.717, 1.165) is 17.9 Å². The fraction of sp³-hybridized carbons (Fsp3) is 0.375.